The summed E-state index contributed by atoms with van der Waals surface area (Å²) in [7, 11) is 0. The molecule has 0 saturated carbocycles. The van der Waals surface area contributed by atoms with E-state index in [-0.39, 0.29) is 11.9 Å². The van der Waals surface area contributed by atoms with E-state index < -0.39 is 0 Å². The SMILES string of the molecule is O=C(CC1CSCCN1)NC1CCc2ccccc21. The highest BCUT2D eigenvalue weighted by Gasteiger charge is 2.24. The minimum absolute atomic E-state index is 0.182. The standard InChI is InChI=1S/C15H20N2OS/c18-15(9-12-10-19-8-7-16-12)17-14-6-5-11-3-1-2-4-13(11)14/h1-4,12,14,16H,5-10H2,(H,17,18). The number of carbonyl (C=O) groups is 1. The molecule has 1 fully saturated rings. The number of amides is 1. The van der Waals surface area contributed by atoms with E-state index in [0.29, 0.717) is 12.5 Å². The van der Waals surface area contributed by atoms with E-state index in [0.717, 1.165) is 30.9 Å². The third kappa shape index (κ3) is 3.12. The molecule has 3 rings (SSSR count). The van der Waals surface area contributed by atoms with Crippen LogP contribution in [0.25, 0.3) is 0 Å². The number of rotatable bonds is 3. The Morgan fingerprint density at radius 1 is 1.42 bits per heavy atom. The van der Waals surface area contributed by atoms with E-state index in [1.54, 1.807) is 0 Å². The van der Waals surface area contributed by atoms with Crippen molar-refractivity contribution in [2.45, 2.75) is 31.3 Å². The Kier molecular flexibility index (Phi) is 4.09. The molecule has 4 heteroatoms. The van der Waals surface area contributed by atoms with E-state index in [4.69, 9.17) is 0 Å². The Hall–Kier alpha value is -1.00. The maximum Gasteiger partial charge on any atom is 0.222 e. The van der Waals surface area contributed by atoms with Crippen molar-refractivity contribution in [3.05, 3.63) is 35.4 Å². The molecule has 1 heterocycles. The molecular formula is C15H20N2OS. The molecule has 2 aliphatic rings. The first-order chi connectivity index (χ1) is 9.33. The van der Waals surface area contributed by atoms with Crippen LogP contribution in [0, 0.1) is 0 Å². The second-order valence-corrected chi connectivity index (χ2v) is 6.44. The molecule has 19 heavy (non-hydrogen) atoms. The number of thioether (sulfide) groups is 1. The Morgan fingerprint density at radius 3 is 3.16 bits per heavy atom. The topological polar surface area (TPSA) is 41.1 Å². The summed E-state index contributed by atoms with van der Waals surface area (Å²) < 4.78 is 0. The van der Waals surface area contributed by atoms with Crippen LogP contribution < -0.4 is 10.6 Å². The first-order valence-electron chi connectivity index (χ1n) is 7.01. The summed E-state index contributed by atoms with van der Waals surface area (Å²) in [5.41, 5.74) is 2.70. The van der Waals surface area contributed by atoms with Gasteiger partial charge in [-0.05, 0) is 24.0 Å². The van der Waals surface area contributed by atoms with Crippen LogP contribution in [0.5, 0.6) is 0 Å². The van der Waals surface area contributed by atoms with E-state index in [9.17, 15) is 4.79 Å². The lowest BCUT2D eigenvalue weighted by atomic mass is 10.1. The Morgan fingerprint density at radius 2 is 2.32 bits per heavy atom. The predicted molar refractivity (Wildman–Crippen MR) is 79.4 cm³/mol. The van der Waals surface area contributed by atoms with Crippen LogP contribution in [0.1, 0.15) is 30.0 Å². The predicted octanol–water partition coefficient (Wildman–Crippen LogP) is 1.89. The Labute approximate surface area is 118 Å². The fourth-order valence-electron chi connectivity index (χ4n) is 2.93. The second kappa shape index (κ2) is 5.97. The van der Waals surface area contributed by atoms with Crippen LogP contribution in [0.3, 0.4) is 0 Å². The zero-order valence-corrected chi connectivity index (χ0v) is 11.8. The molecule has 1 aliphatic carbocycles. The van der Waals surface area contributed by atoms with Crippen LogP contribution in [-0.4, -0.2) is 30.0 Å². The Balaban J connectivity index is 1.55. The third-order valence-electron chi connectivity index (χ3n) is 3.90. The van der Waals surface area contributed by atoms with Gasteiger partial charge in [0.2, 0.25) is 5.91 Å². The van der Waals surface area contributed by atoms with Crippen LogP contribution in [0.15, 0.2) is 24.3 Å². The van der Waals surface area contributed by atoms with Crippen molar-refractivity contribution in [3.8, 4) is 0 Å². The summed E-state index contributed by atoms with van der Waals surface area (Å²) in [6.07, 6.45) is 2.72. The van der Waals surface area contributed by atoms with Gasteiger partial charge in [-0.2, -0.15) is 11.8 Å². The minimum Gasteiger partial charge on any atom is -0.349 e. The molecule has 2 unspecified atom stereocenters. The second-order valence-electron chi connectivity index (χ2n) is 5.29. The summed E-state index contributed by atoms with van der Waals surface area (Å²) in [6, 6.07) is 9.01. The average Bonchev–Trinajstić information content (AvgIpc) is 2.83. The van der Waals surface area contributed by atoms with Crippen molar-refractivity contribution in [2.24, 2.45) is 0 Å². The molecule has 0 aromatic heterocycles. The molecule has 1 aromatic rings. The largest absolute Gasteiger partial charge is 0.349 e. The summed E-state index contributed by atoms with van der Waals surface area (Å²) in [6.45, 7) is 1.02. The first kappa shape index (κ1) is 13.0. The van der Waals surface area contributed by atoms with E-state index >= 15 is 0 Å². The van der Waals surface area contributed by atoms with E-state index in [1.165, 1.54) is 11.1 Å². The van der Waals surface area contributed by atoms with Gasteiger partial charge in [0.25, 0.3) is 0 Å². The maximum absolute atomic E-state index is 12.1. The zero-order valence-electron chi connectivity index (χ0n) is 11.0. The number of hydrogen-bond acceptors (Lipinski definition) is 3. The number of nitrogens with one attached hydrogen (secondary N) is 2. The summed E-state index contributed by atoms with van der Waals surface area (Å²) in [5.74, 6) is 2.39. The van der Waals surface area contributed by atoms with Crippen molar-refractivity contribution in [1.29, 1.82) is 0 Å². The molecule has 1 amide bonds. The van der Waals surface area contributed by atoms with Gasteiger partial charge in [0.05, 0.1) is 6.04 Å². The monoisotopic (exact) mass is 276 g/mol. The van der Waals surface area contributed by atoms with E-state index in [2.05, 4.69) is 34.9 Å². The van der Waals surface area contributed by atoms with Crippen LogP contribution in [0.4, 0.5) is 0 Å². The molecular weight excluding hydrogens is 256 g/mol. The number of fused-ring (bicyclic) bond motifs is 1. The molecule has 3 nitrogen and oxygen atoms in total. The summed E-state index contributed by atoms with van der Waals surface area (Å²) in [5, 5.41) is 6.61. The average molecular weight is 276 g/mol. The van der Waals surface area contributed by atoms with Gasteiger partial charge in [-0.3, -0.25) is 4.79 Å². The maximum atomic E-state index is 12.1. The number of benzene rings is 1. The first-order valence-corrected chi connectivity index (χ1v) is 8.16. The molecule has 1 saturated heterocycles. The van der Waals surface area contributed by atoms with E-state index in [1.807, 2.05) is 11.8 Å². The molecule has 102 valence electrons. The number of hydrogen-bond donors (Lipinski definition) is 2. The lowest BCUT2D eigenvalue weighted by Gasteiger charge is -2.23. The lowest BCUT2D eigenvalue weighted by Crippen LogP contribution is -2.41. The smallest absolute Gasteiger partial charge is 0.222 e. The molecule has 0 radical (unpaired) electrons. The van der Waals surface area contributed by atoms with Crippen LogP contribution >= 0.6 is 11.8 Å². The normalized spacial score (nSPS) is 25.9. The van der Waals surface area contributed by atoms with Crippen LogP contribution in [-0.2, 0) is 11.2 Å². The van der Waals surface area contributed by atoms with Gasteiger partial charge in [0.1, 0.15) is 0 Å². The highest BCUT2D eigenvalue weighted by atomic mass is 32.2. The lowest BCUT2D eigenvalue weighted by molar-refractivity contribution is -0.122. The van der Waals surface area contributed by atoms with Crippen molar-refractivity contribution in [1.82, 2.24) is 10.6 Å². The van der Waals surface area contributed by atoms with Gasteiger partial charge in [-0.15, -0.1) is 0 Å². The van der Waals surface area contributed by atoms with Gasteiger partial charge in [-0.1, -0.05) is 24.3 Å². The molecule has 0 bridgehead atoms. The molecule has 2 N–H and O–H groups in total. The van der Waals surface area contributed by atoms with Crippen molar-refractivity contribution >= 4 is 17.7 Å². The molecule has 2 atom stereocenters. The highest BCUT2D eigenvalue weighted by Crippen LogP contribution is 2.30. The molecule has 1 aliphatic heterocycles. The highest BCUT2D eigenvalue weighted by molar-refractivity contribution is 7.99. The molecule has 0 spiro atoms. The van der Waals surface area contributed by atoms with Crippen LogP contribution in [0.2, 0.25) is 0 Å². The fourth-order valence-corrected chi connectivity index (χ4v) is 3.88. The van der Waals surface area contributed by atoms with Crippen molar-refractivity contribution in [3.63, 3.8) is 0 Å². The quantitative estimate of drug-likeness (QED) is 0.886. The Bertz CT molecular complexity index is 457. The van der Waals surface area contributed by atoms with Gasteiger partial charge in [0.15, 0.2) is 0 Å². The summed E-state index contributed by atoms with van der Waals surface area (Å²) in [4.78, 5) is 12.1. The van der Waals surface area contributed by atoms with Gasteiger partial charge in [0, 0.05) is 30.5 Å². The third-order valence-corrected chi connectivity index (χ3v) is 5.03. The minimum atomic E-state index is 0.182. The number of aryl methyl sites for hydroxylation is 1. The number of carbonyl (C=O) groups excluding carboxylic acids is 1. The fraction of sp³-hybridized carbons (Fsp3) is 0.533. The van der Waals surface area contributed by atoms with Gasteiger partial charge >= 0.3 is 0 Å². The van der Waals surface area contributed by atoms with Crippen molar-refractivity contribution < 1.29 is 4.79 Å². The van der Waals surface area contributed by atoms with Gasteiger partial charge in [-0.25, -0.2) is 0 Å². The molecule has 1 aromatic carbocycles. The zero-order chi connectivity index (χ0) is 13.1. The van der Waals surface area contributed by atoms with Crippen molar-refractivity contribution in [2.75, 3.05) is 18.1 Å². The summed E-state index contributed by atoms with van der Waals surface area (Å²) >= 11 is 1.93. The van der Waals surface area contributed by atoms with Gasteiger partial charge < -0.3 is 10.6 Å².